The molecule has 8 heteroatoms. The molecule has 0 fully saturated rings. The summed E-state index contributed by atoms with van der Waals surface area (Å²) in [5.74, 6) is 1.26. The van der Waals surface area contributed by atoms with Gasteiger partial charge in [0, 0.05) is 5.56 Å². The lowest BCUT2D eigenvalue weighted by atomic mass is 10.0. The summed E-state index contributed by atoms with van der Waals surface area (Å²) in [5, 5.41) is 21.6. The fourth-order valence-electron chi connectivity index (χ4n) is 2.62. The Labute approximate surface area is 155 Å². The molecular weight excluding hydrogens is 354 g/mol. The van der Waals surface area contributed by atoms with E-state index in [4.69, 9.17) is 13.9 Å². The third-order valence-corrected chi connectivity index (χ3v) is 9.61. The Morgan fingerprint density at radius 1 is 1.35 bits per heavy atom. The zero-order chi connectivity index (χ0) is 19.5. The molecule has 1 amide bonds. The molecule has 1 aliphatic rings. The van der Waals surface area contributed by atoms with Gasteiger partial charge in [0.1, 0.15) is 0 Å². The second-order valence-electron chi connectivity index (χ2n) is 8.01. The maximum atomic E-state index is 11.3. The summed E-state index contributed by atoms with van der Waals surface area (Å²) >= 11 is 0. The fourth-order valence-corrected chi connectivity index (χ4v) is 3.97. The molecule has 7 nitrogen and oxygen atoms in total. The molecule has 2 atom stereocenters. The van der Waals surface area contributed by atoms with Gasteiger partial charge in [0.2, 0.25) is 6.79 Å². The highest BCUT2D eigenvalue weighted by Gasteiger charge is 2.41. The monoisotopic (exact) mass is 383 g/mol. The minimum absolute atomic E-state index is 0.0564. The number of amides is 1. The van der Waals surface area contributed by atoms with E-state index in [9.17, 15) is 15.0 Å². The largest absolute Gasteiger partial charge is 0.465 e. The van der Waals surface area contributed by atoms with Crippen molar-refractivity contribution in [2.75, 3.05) is 13.4 Å². The molecule has 2 rings (SSSR count). The molecule has 0 aromatic heterocycles. The van der Waals surface area contributed by atoms with E-state index in [2.05, 4.69) is 39.2 Å². The molecule has 1 aromatic carbocycles. The first kappa shape index (κ1) is 20.5. The Hall–Kier alpha value is -1.77. The van der Waals surface area contributed by atoms with Gasteiger partial charge in [-0.3, -0.25) is 0 Å². The molecule has 1 heterocycles. The summed E-state index contributed by atoms with van der Waals surface area (Å²) in [6, 6.07) is 4.90. The van der Waals surface area contributed by atoms with E-state index in [1.54, 1.807) is 6.07 Å². The molecule has 1 aromatic rings. The average molecular weight is 384 g/mol. The smallest absolute Gasteiger partial charge is 0.404 e. The van der Waals surface area contributed by atoms with Crippen LogP contribution >= 0.6 is 0 Å². The summed E-state index contributed by atoms with van der Waals surface area (Å²) in [7, 11) is -2.19. The van der Waals surface area contributed by atoms with E-state index in [0.717, 1.165) is 5.56 Å². The molecule has 0 aliphatic carbocycles. The zero-order valence-corrected chi connectivity index (χ0v) is 17.0. The van der Waals surface area contributed by atoms with Crippen molar-refractivity contribution in [1.29, 1.82) is 0 Å². The number of ether oxygens (including phenoxy) is 2. The lowest BCUT2D eigenvalue weighted by Gasteiger charge is -2.41. The van der Waals surface area contributed by atoms with Gasteiger partial charge in [-0.15, -0.1) is 0 Å². The number of carboxylic acid groups (broad SMARTS) is 1. The van der Waals surface area contributed by atoms with Crippen molar-refractivity contribution in [3.8, 4) is 11.5 Å². The highest BCUT2D eigenvalue weighted by molar-refractivity contribution is 6.74. The minimum Gasteiger partial charge on any atom is -0.465 e. The van der Waals surface area contributed by atoms with Crippen LogP contribution in [0.2, 0.25) is 18.1 Å². The number of benzene rings is 1. The van der Waals surface area contributed by atoms with Crippen LogP contribution in [-0.4, -0.2) is 50.2 Å². The van der Waals surface area contributed by atoms with Gasteiger partial charge in [-0.1, -0.05) is 32.9 Å². The number of nitrogens with one attached hydrogen (secondary N) is 1. The van der Waals surface area contributed by atoms with Crippen LogP contribution in [0.5, 0.6) is 11.5 Å². The molecule has 0 saturated heterocycles. The standard InChI is InChI=1S/C18H29NO6Si/c1-18(2,3)26(4,5)25-15(10-20)13(19-17(21)22)9-12-7-6-8-14-16(12)24-11-23-14/h6-8,13,15,19-20H,9-11H2,1-5H3,(H,21,22)/t13-,15+/m0/s1. The number of fused-ring (bicyclic) bond motifs is 1. The second kappa shape index (κ2) is 7.85. The predicted molar refractivity (Wildman–Crippen MR) is 100 cm³/mol. The number of aliphatic hydroxyl groups is 1. The number of carbonyl (C=O) groups is 1. The molecule has 0 spiro atoms. The Balaban J connectivity index is 2.25. The van der Waals surface area contributed by atoms with Crippen molar-refractivity contribution in [3.05, 3.63) is 23.8 Å². The highest BCUT2D eigenvalue weighted by Crippen LogP contribution is 2.39. The quantitative estimate of drug-likeness (QED) is 0.626. The van der Waals surface area contributed by atoms with E-state index < -0.39 is 26.6 Å². The molecule has 0 saturated carbocycles. The van der Waals surface area contributed by atoms with Crippen LogP contribution < -0.4 is 14.8 Å². The van der Waals surface area contributed by atoms with E-state index in [-0.39, 0.29) is 18.4 Å². The number of hydrogen-bond donors (Lipinski definition) is 3. The molecule has 26 heavy (non-hydrogen) atoms. The van der Waals surface area contributed by atoms with Crippen LogP contribution in [0.3, 0.4) is 0 Å². The van der Waals surface area contributed by atoms with Gasteiger partial charge in [0.25, 0.3) is 0 Å². The Kier molecular flexibility index (Phi) is 6.20. The number of para-hydroxylation sites is 1. The van der Waals surface area contributed by atoms with Gasteiger partial charge in [-0.2, -0.15) is 0 Å². The second-order valence-corrected chi connectivity index (χ2v) is 12.8. The minimum atomic E-state index is -2.19. The lowest BCUT2D eigenvalue weighted by molar-refractivity contribution is 0.0699. The normalized spacial score (nSPS) is 16.2. The number of rotatable bonds is 7. The van der Waals surface area contributed by atoms with Crippen molar-refractivity contribution >= 4 is 14.4 Å². The predicted octanol–water partition coefficient (Wildman–Crippen LogP) is 2.98. The van der Waals surface area contributed by atoms with E-state index in [1.807, 2.05) is 12.1 Å². The Morgan fingerprint density at radius 2 is 2.04 bits per heavy atom. The maximum absolute atomic E-state index is 11.3. The number of hydrogen-bond acceptors (Lipinski definition) is 5. The van der Waals surface area contributed by atoms with Crippen molar-refractivity contribution in [2.24, 2.45) is 0 Å². The SMILES string of the molecule is CC(C)(C)[Si](C)(C)O[C@H](CO)[C@H](Cc1cccc2c1OCO2)NC(=O)O. The third kappa shape index (κ3) is 4.69. The van der Waals surface area contributed by atoms with E-state index >= 15 is 0 Å². The van der Waals surface area contributed by atoms with Gasteiger partial charge in [0.05, 0.1) is 18.8 Å². The summed E-state index contributed by atoms with van der Waals surface area (Å²) in [5.41, 5.74) is 0.816. The van der Waals surface area contributed by atoms with Crippen molar-refractivity contribution in [2.45, 2.75) is 57.5 Å². The van der Waals surface area contributed by atoms with Gasteiger partial charge >= 0.3 is 6.09 Å². The van der Waals surface area contributed by atoms with Crippen LogP contribution in [0.25, 0.3) is 0 Å². The van der Waals surface area contributed by atoms with Crippen LogP contribution in [0.1, 0.15) is 26.3 Å². The fraction of sp³-hybridized carbons (Fsp3) is 0.611. The lowest BCUT2D eigenvalue weighted by Crippen LogP contribution is -2.53. The molecule has 0 unspecified atom stereocenters. The van der Waals surface area contributed by atoms with Crippen molar-refractivity contribution < 1.29 is 28.9 Å². The molecule has 3 N–H and O–H groups in total. The van der Waals surface area contributed by atoms with E-state index in [1.165, 1.54) is 0 Å². The number of aliphatic hydroxyl groups excluding tert-OH is 1. The summed E-state index contributed by atoms with van der Waals surface area (Å²) in [6.07, 6.45) is -1.47. The first-order valence-electron chi connectivity index (χ1n) is 8.71. The van der Waals surface area contributed by atoms with Gasteiger partial charge < -0.3 is 29.4 Å². The average Bonchev–Trinajstić information content (AvgIpc) is 3.00. The molecule has 0 bridgehead atoms. The Bertz CT molecular complexity index is 643. The van der Waals surface area contributed by atoms with Gasteiger partial charge in [-0.05, 0) is 30.6 Å². The third-order valence-electron chi connectivity index (χ3n) is 5.11. The first-order valence-corrected chi connectivity index (χ1v) is 11.6. The summed E-state index contributed by atoms with van der Waals surface area (Å²) in [4.78, 5) is 11.3. The van der Waals surface area contributed by atoms with Gasteiger partial charge in [0.15, 0.2) is 19.8 Å². The van der Waals surface area contributed by atoms with Crippen LogP contribution in [0.4, 0.5) is 4.79 Å². The highest BCUT2D eigenvalue weighted by atomic mass is 28.4. The van der Waals surface area contributed by atoms with Crippen LogP contribution in [0, 0.1) is 0 Å². The van der Waals surface area contributed by atoms with E-state index in [0.29, 0.717) is 17.9 Å². The molecule has 1 aliphatic heterocycles. The van der Waals surface area contributed by atoms with Gasteiger partial charge in [-0.25, -0.2) is 4.79 Å². The van der Waals surface area contributed by atoms with Crippen molar-refractivity contribution in [1.82, 2.24) is 5.32 Å². The summed E-state index contributed by atoms with van der Waals surface area (Å²) < 4.78 is 17.2. The molecule has 0 radical (unpaired) electrons. The Morgan fingerprint density at radius 3 is 2.62 bits per heavy atom. The maximum Gasteiger partial charge on any atom is 0.404 e. The summed E-state index contributed by atoms with van der Waals surface area (Å²) in [6.45, 7) is 10.3. The van der Waals surface area contributed by atoms with Crippen molar-refractivity contribution in [3.63, 3.8) is 0 Å². The van der Waals surface area contributed by atoms with Crippen LogP contribution in [0.15, 0.2) is 18.2 Å². The zero-order valence-electron chi connectivity index (χ0n) is 16.0. The molecule has 146 valence electrons. The first-order chi connectivity index (χ1) is 12.0. The topological polar surface area (TPSA) is 97.3 Å². The van der Waals surface area contributed by atoms with Crippen LogP contribution in [-0.2, 0) is 10.8 Å². The molecular formula is C18H29NO6Si.